The van der Waals surface area contributed by atoms with Crippen LogP contribution in [0.5, 0.6) is 0 Å². The first kappa shape index (κ1) is 22.2. The summed E-state index contributed by atoms with van der Waals surface area (Å²) in [6.07, 6.45) is 3.22. The minimum absolute atomic E-state index is 0.190. The summed E-state index contributed by atoms with van der Waals surface area (Å²) < 4.78 is 4.93. The van der Waals surface area contributed by atoms with Crippen LogP contribution in [-0.2, 0) is 4.74 Å². The van der Waals surface area contributed by atoms with E-state index in [2.05, 4.69) is 32.3 Å². The molecule has 1 saturated heterocycles. The molecule has 34 heavy (non-hydrogen) atoms. The van der Waals surface area contributed by atoms with E-state index in [-0.39, 0.29) is 12.1 Å². The van der Waals surface area contributed by atoms with Crippen LogP contribution in [0.15, 0.2) is 70.7 Å². The van der Waals surface area contributed by atoms with Crippen molar-refractivity contribution in [1.82, 2.24) is 15.0 Å². The fraction of sp³-hybridized carbons (Fsp3) is 0.240. The molecular weight excluding hydrogens is 450 g/mol. The topological polar surface area (TPSA) is 103 Å². The number of piperidine rings is 1. The summed E-state index contributed by atoms with van der Waals surface area (Å²) in [4.78, 5) is 27.8. The molecule has 0 radical (unpaired) electrons. The molecule has 174 valence electrons. The Morgan fingerprint density at radius 2 is 1.88 bits per heavy atom. The molecule has 4 aromatic rings. The van der Waals surface area contributed by atoms with Gasteiger partial charge < -0.3 is 25.0 Å². The lowest BCUT2D eigenvalue weighted by Crippen LogP contribution is -2.35. The van der Waals surface area contributed by atoms with Crippen LogP contribution in [-0.4, -0.2) is 52.3 Å². The zero-order valence-electron chi connectivity index (χ0n) is 18.7. The number of nitrogens with one attached hydrogen (secondary N) is 2. The number of esters is 1. The highest BCUT2D eigenvalue weighted by molar-refractivity contribution is 7.99. The number of aromatic amines is 1. The van der Waals surface area contributed by atoms with Gasteiger partial charge in [-0.15, -0.1) is 0 Å². The van der Waals surface area contributed by atoms with Crippen molar-refractivity contribution in [3.8, 4) is 0 Å². The highest BCUT2D eigenvalue weighted by Crippen LogP contribution is 2.34. The van der Waals surface area contributed by atoms with Crippen molar-refractivity contribution in [3.63, 3.8) is 0 Å². The average molecular weight is 476 g/mol. The number of aliphatic hydroxyl groups is 1. The van der Waals surface area contributed by atoms with Crippen LogP contribution in [0.25, 0.3) is 11.0 Å². The molecule has 9 heteroatoms. The summed E-state index contributed by atoms with van der Waals surface area (Å²) in [6.45, 7) is 1.71. The van der Waals surface area contributed by atoms with E-state index in [4.69, 9.17) is 9.72 Å². The number of benzene rings is 2. The fourth-order valence-corrected chi connectivity index (χ4v) is 5.01. The number of carbonyl (C=O) groups excluding carboxylic acids is 1. The van der Waals surface area contributed by atoms with Crippen LogP contribution < -0.4 is 10.2 Å². The second-order valence-electron chi connectivity index (χ2n) is 8.07. The number of hydrogen-bond acceptors (Lipinski definition) is 8. The molecule has 0 unspecified atom stereocenters. The normalized spacial score (nSPS) is 14.4. The maximum Gasteiger partial charge on any atom is 0.339 e. The van der Waals surface area contributed by atoms with E-state index in [9.17, 15) is 9.90 Å². The van der Waals surface area contributed by atoms with Gasteiger partial charge in [0.1, 0.15) is 5.03 Å². The SMILES string of the molecule is COC(=O)c1ccccc1Sc1nc(Nc2ccc(N3CCC(O)CC3)cc2)nc2cc[nH]c12. The summed E-state index contributed by atoms with van der Waals surface area (Å²) in [5.74, 6) is 0.0838. The average Bonchev–Trinajstić information content (AvgIpc) is 3.34. The predicted molar refractivity (Wildman–Crippen MR) is 133 cm³/mol. The highest BCUT2D eigenvalue weighted by atomic mass is 32.2. The number of hydrogen-bond donors (Lipinski definition) is 3. The zero-order valence-corrected chi connectivity index (χ0v) is 19.5. The molecule has 0 spiro atoms. The molecule has 3 N–H and O–H groups in total. The smallest absolute Gasteiger partial charge is 0.339 e. The monoisotopic (exact) mass is 475 g/mol. The largest absolute Gasteiger partial charge is 0.465 e. The number of methoxy groups -OCH3 is 1. The third kappa shape index (κ3) is 4.71. The van der Waals surface area contributed by atoms with Gasteiger partial charge in [0.15, 0.2) is 0 Å². The molecule has 0 saturated carbocycles. The Kier molecular flexibility index (Phi) is 6.37. The van der Waals surface area contributed by atoms with E-state index in [1.54, 1.807) is 6.07 Å². The lowest BCUT2D eigenvalue weighted by Gasteiger charge is -2.31. The van der Waals surface area contributed by atoms with Crippen LogP contribution in [0.4, 0.5) is 17.3 Å². The van der Waals surface area contributed by atoms with Crippen molar-refractivity contribution >= 4 is 46.1 Å². The van der Waals surface area contributed by atoms with Crippen molar-refractivity contribution in [2.75, 3.05) is 30.4 Å². The summed E-state index contributed by atoms with van der Waals surface area (Å²) in [5.41, 5.74) is 4.08. The number of carbonyl (C=O) groups is 1. The molecule has 0 aliphatic carbocycles. The molecule has 8 nitrogen and oxygen atoms in total. The first-order valence-corrected chi connectivity index (χ1v) is 11.9. The number of anilines is 3. The van der Waals surface area contributed by atoms with Gasteiger partial charge in [0, 0.05) is 35.6 Å². The van der Waals surface area contributed by atoms with E-state index in [0.717, 1.165) is 53.2 Å². The Bertz CT molecular complexity index is 1300. The number of ether oxygens (including phenoxy) is 1. The number of nitrogens with zero attached hydrogens (tertiary/aromatic N) is 3. The van der Waals surface area contributed by atoms with E-state index in [0.29, 0.717) is 16.5 Å². The van der Waals surface area contributed by atoms with E-state index >= 15 is 0 Å². The van der Waals surface area contributed by atoms with Gasteiger partial charge in [-0.3, -0.25) is 0 Å². The van der Waals surface area contributed by atoms with Crippen LogP contribution in [0.3, 0.4) is 0 Å². The Morgan fingerprint density at radius 1 is 1.12 bits per heavy atom. The molecule has 0 bridgehead atoms. The van der Waals surface area contributed by atoms with Gasteiger partial charge in [0.2, 0.25) is 5.95 Å². The molecule has 2 aromatic heterocycles. The first-order valence-electron chi connectivity index (χ1n) is 11.1. The number of fused-ring (bicyclic) bond motifs is 1. The van der Waals surface area contributed by atoms with Gasteiger partial charge in [-0.05, 0) is 55.3 Å². The van der Waals surface area contributed by atoms with Crippen LogP contribution in [0, 0.1) is 0 Å². The Morgan fingerprint density at radius 3 is 2.65 bits per heavy atom. The Balaban J connectivity index is 1.39. The van der Waals surface area contributed by atoms with Crippen LogP contribution in [0.2, 0.25) is 0 Å². The van der Waals surface area contributed by atoms with Gasteiger partial charge in [-0.25, -0.2) is 14.8 Å². The zero-order chi connectivity index (χ0) is 23.5. The fourth-order valence-electron chi connectivity index (χ4n) is 3.99. The number of aliphatic hydroxyl groups excluding tert-OH is 1. The minimum atomic E-state index is -0.387. The van der Waals surface area contributed by atoms with Gasteiger partial charge in [0.05, 0.1) is 29.8 Å². The second-order valence-corrected chi connectivity index (χ2v) is 9.10. The molecule has 3 heterocycles. The third-order valence-electron chi connectivity index (χ3n) is 5.82. The predicted octanol–water partition coefficient (Wildman–Crippen LogP) is 4.60. The molecule has 0 amide bonds. The number of aromatic nitrogens is 3. The quantitative estimate of drug-likeness (QED) is 0.275. The number of H-pyrrole nitrogens is 1. The molecule has 1 fully saturated rings. The van der Waals surface area contributed by atoms with Gasteiger partial charge in [-0.1, -0.05) is 23.9 Å². The van der Waals surface area contributed by atoms with Crippen LogP contribution >= 0.6 is 11.8 Å². The molecule has 2 aromatic carbocycles. The van der Waals surface area contributed by atoms with Crippen molar-refractivity contribution in [1.29, 1.82) is 0 Å². The summed E-state index contributed by atoms with van der Waals surface area (Å²) >= 11 is 1.39. The van der Waals surface area contributed by atoms with Crippen molar-refractivity contribution in [3.05, 3.63) is 66.4 Å². The summed E-state index contributed by atoms with van der Waals surface area (Å²) in [6, 6.07) is 17.3. The summed E-state index contributed by atoms with van der Waals surface area (Å²) in [5, 5.41) is 13.7. The molecule has 1 aliphatic rings. The van der Waals surface area contributed by atoms with E-state index < -0.39 is 0 Å². The first-order chi connectivity index (χ1) is 16.6. The minimum Gasteiger partial charge on any atom is -0.465 e. The number of rotatable bonds is 6. The molecule has 1 aliphatic heterocycles. The maximum atomic E-state index is 12.2. The Hall–Kier alpha value is -3.56. The maximum absolute atomic E-state index is 12.2. The van der Waals surface area contributed by atoms with Crippen LogP contribution in [0.1, 0.15) is 23.2 Å². The van der Waals surface area contributed by atoms with Gasteiger partial charge >= 0.3 is 5.97 Å². The van der Waals surface area contributed by atoms with Crippen molar-refractivity contribution in [2.24, 2.45) is 0 Å². The third-order valence-corrected chi connectivity index (χ3v) is 6.89. The van der Waals surface area contributed by atoms with E-state index in [1.807, 2.05) is 42.6 Å². The van der Waals surface area contributed by atoms with Gasteiger partial charge in [0.25, 0.3) is 0 Å². The molecule has 0 atom stereocenters. The summed E-state index contributed by atoms with van der Waals surface area (Å²) in [7, 11) is 1.37. The lowest BCUT2D eigenvalue weighted by molar-refractivity contribution is 0.0596. The Labute approximate surface area is 201 Å². The standard InChI is InChI=1S/C25H25N5O3S/c1-33-24(32)19-4-2-3-5-21(19)34-23-22-20(10-13-26-22)28-25(29-23)27-16-6-8-17(9-7-16)30-14-11-18(31)12-15-30/h2-10,13,18,26,31H,11-12,14-15H2,1H3,(H,27,28,29). The van der Waals surface area contributed by atoms with Gasteiger partial charge in [-0.2, -0.15) is 0 Å². The van der Waals surface area contributed by atoms with Crippen molar-refractivity contribution in [2.45, 2.75) is 28.9 Å². The highest BCUT2D eigenvalue weighted by Gasteiger charge is 2.18. The lowest BCUT2D eigenvalue weighted by atomic mass is 10.1. The molecule has 5 rings (SSSR count). The van der Waals surface area contributed by atoms with Crippen molar-refractivity contribution < 1.29 is 14.6 Å². The second kappa shape index (κ2) is 9.74. The molecular formula is C25H25N5O3S. The van der Waals surface area contributed by atoms with E-state index in [1.165, 1.54) is 18.9 Å².